The SMILES string of the molecule is C[C@H](NC1CCN(C(=O)O)C1)C(=O)OC(C)(C)C. The largest absolute Gasteiger partial charge is 0.465 e. The van der Waals surface area contributed by atoms with Crippen molar-refractivity contribution in [2.24, 2.45) is 0 Å². The quantitative estimate of drug-likeness (QED) is 0.740. The molecule has 1 fully saturated rings. The predicted molar refractivity (Wildman–Crippen MR) is 66.4 cm³/mol. The van der Waals surface area contributed by atoms with E-state index in [1.54, 1.807) is 6.92 Å². The van der Waals surface area contributed by atoms with Crippen LogP contribution in [0.25, 0.3) is 0 Å². The standard InChI is InChI=1S/C12H22N2O4/c1-8(10(15)18-12(2,3)4)13-9-5-6-14(7-9)11(16)17/h8-9,13H,5-7H2,1-4H3,(H,16,17)/t8-,9?/m0/s1. The number of rotatable bonds is 3. The van der Waals surface area contributed by atoms with Gasteiger partial charge in [0.1, 0.15) is 11.6 Å². The summed E-state index contributed by atoms with van der Waals surface area (Å²) in [6.45, 7) is 8.12. The molecule has 1 saturated heterocycles. The van der Waals surface area contributed by atoms with Gasteiger partial charge in [-0.15, -0.1) is 0 Å². The summed E-state index contributed by atoms with van der Waals surface area (Å²) in [4.78, 5) is 23.9. The molecular formula is C12H22N2O4. The van der Waals surface area contributed by atoms with Crippen molar-refractivity contribution in [2.75, 3.05) is 13.1 Å². The molecule has 1 unspecified atom stereocenters. The van der Waals surface area contributed by atoms with Gasteiger partial charge in [0.25, 0.3) is 0 Å². The zero-order valence-corrected chi connectivity index (χ0v) is 11.4. The van der Waals surface area contributed by atoms with Crippen LogP contribution >= 0.6 is 0 Å². The number of ether oxygens (including phenoxy) is 1. The van der Waals surface area contributed by atoms with Crippen LogP contribution in [0.3, 0.4) is 0 Å². The Morgan fingerprint density at radius 2 is 2.06 bits per heavy atom. The Morgan fingerprint density at radius 1 is 1.44 bits per heavy atom. The smallest absolute Gasteiger partial charge is 0.407 e. The van der Waals surface area contributed by atoms with Crippen LogP contribution in [0.5, 0.6) is 0 Å². The number of likely N-dealkylation sites (tertiary alicyclic amines) is 1. The van der Waals surface area contributed by atoms with Gasteiger partial charge in [-0.05, 0) is 34.1 Å². The van der Waals surface area contributed by atoms with Gasteiger partial charge < -0.3 is 14.7 Å². The van der Waals surface area contributed by atoms with Crippen molar-refractivity contribution in [2.45, 2.75) is 51.8 Å². The van der Waals surface area contributed by atoms with Gasteiger partial charge in [-0.25, -0.2) is 4.79 Å². The van der Waals surface area contributed by atoms with Crippen LogP contribution in [0.15, 0.2) is 0 Å². The highest BCUT2D eigenvalue weighted by Crippen LogP contribution is 2.12. The maximum atomic E-state index is 11.7. The fourth-order valence-electron chi connectivity index (χ4n) is 1.88. The predicted octanol–water partition coefficient (Wildman–Crippen LogP) is 1.06. The second-order valence-corrected chi connectivity index (χ2v) is 5.64. The van der Waals surface area contributed by atoms with Gasteiger partial charge >= 0.3 is 12.1 Å². The van der Waals surface area contributed by atoms with Crippen LogP contribution in [0.2, 0.25) is 0 Å². The molecule has 18 heavy (non-hydrogen) atoms. The van der Waals surface area contributed by atoms with Gasteiger partial charge in [-0.2, -0.15) is 0 Å². The van der Waals surface area contributed by atoms with E-state index < -0.39 is 17.7 Å². The number of amides is 1. The Labute approximate surface area is 107 Å². The lowest BCUT2D eigenvalue weighted by Crippen LogP contribution is -2.45. The van der Waals surface area contributed by atoms with E-state index in [1.807, 2.05) is 20.8 Å². The molecule has 104 valence electrons. The molecule has 1 aliphatic heterocycles. The number of nitrogens with zero attached hydrogens (tertiary/aromatic N) is 1. The van der Waals surface area contributed by atoms with E-state index in [0.717, 1.165) is 6.42 Å². The molecule has 1 aliphatic rings. The minimum Gasteiger partial charge on any atom is -0.465 e. The maximum absolute atomic E-state index is 11.7. The maximum Gasteiger partial charge on any atom is 0.407 e. The molecule has 0 radical (unpaired) electrons. The molecule has 1 heterocycles. The first-order valence-electron chi connectivity index (χ1n) is 6.16. The summed E-state index contributed by atoms with van der Waals surface area (Å²) in [5, 5.41) is 11.9. The fourth-order valence-corrected chi connectivity index (χ4v) is 1.88. The third-order valence-corrected chi connectivity index (χ3v) is 2.70. The monoisotopic (exact) mass is 258 g/mol. The lowest BCUT2D eigenvalue weighted by molar-refractivity contribution is -0.157. The average molecular weight is 258 g/mol. The lowest BCUT2D eigenvalue weighted by atomic mass is 10.2. The molecule has 0 saturated carbocycles. The van der Waals surface area contributed by atoms with Gasteiger partial charge in [0, 0.05) is 19.1 Å². The van der Waals surface area contributed by atoms with Crippen LogP contribution in [0, 0.1) is 0 Å². The van der Waals surface area contributed by atoms with Crippen LogP contribution in [0.4, 0.5) is 4.79 Å². The Morgan fingerprint density at radius 3 is 2.50 bits per heavy atom. The Kier molecular flexibility index (Phi) is 4.56. The van der Waals surface area contributed by atoms with Gasteiger partial charge in [-0.1, -0.05) is 0 Å². The molecule has 6 heteroatoms. The summed E-state index contributed by atoms with van der Waals surface area (Å²) in [5.74, 6) is -0.309. The highest BCUT2D eigenvalue weighted by Gasteiger charge is 2.29. The van der Waals surface area contributed by atoms with Crippen molar-refractivity contribution >= 4 is 12.1 Å². The second-order valence-electron chi connectivity index (χ2n) is 5.64. The normalized spacial score (nSPS) is 21.8. The third-order valence-electron chi connectivity index (χ3n) is 2.70. The second kappa shape index (κ2) is 5.56. The Balaban J connectivity index is 2.39. The molecule has 6 nitrogen and oxygen atoms in total. The first-order chi connectivity index (χ1) is 8.19. The van der Waals surface area contributed by atoms with Crippen molar-refractivity contribution in [3.05, 3.63) is 0 Å². The molecule has 0 aromatic rings. The van der Waals surface area contributed by atoms with Crippen molar-refractivity contribution < 1.29 is 19.4 Å². The summed E-state index contributed by atoms with van der Waals surface area (Å²) in [6.07, 6.45) is -0.191. The van der Waals surface area contributed by atoms with E-state index in [1.165, 1.54) is 4.90 Å². The molecule has 1 rings (SSSR count). The van der Waals surface area contributed by atoms with E-state index in [4.69, 9.17) is 9.84 Å². The molecule has 1 amide bonds. The third kappa shape index (κ3) is 4.52. The van der Waals surface area contributed by atoms with Gasteiger partial charge in [0.2, 0.25) is 0 Å². The van der Waals surface area contributed by atoms with Crippen LogP contribution in [-0.2, 0) is 9.53 Å². The highest BCUT2D eigenvalue weighted by atomic mass is 16.6. The number of carbonyl (C=O) groups is 2. The van der Waals surface area contributed by atoms with E-state index in [9.17, 15) is 9.59 Å². The molecule has 2 atom stereocenters. The van der Waals surface area contributed by atoms with Crippen molar-refractivity contribution in [1.82, 2.24) is 10.2 Å². The van der Waals surface area contributed by atoms with Gasteiger partial charge in [-0.3, -0.25) is 10.1 Å². The zero-order valence-electron chi connectivity index (χ0n) is 11.4. The summed E-state index contributed by atoms with van der Waals surface area (Å²) >= 11 is 0. The summed E-state index contributed by atoms with van der Waals surface area (Å²) < 4.78 is 5.25. The van der Waals surface area contributed by atoms with E-state index in [2.05, 4.69) is 5.32 Å². The fraction of sp³-hybridized carbons (Fsp3) is 0.833. The summed E-state index contributed by atoms with van der Waals surface area (Å²) in [6, 6.07) is -0.411. The molecule has 2 N–H and O–H groups in total. The number of carboxylic acid groups (broad SMARTS) is 1. The van der Waals surface area contributed by atoms with Crippen molar-refractivity contribution in [1.29, 1.82) is 0 Å². The van der Waals surface area contributed by atoms with Crippen molar-refractivity contribution in [3.8, 4) is 0 Å². The molecule has 0 bridgehead atoms. The molecule has 0 aliphatic carbocycles. The van der Waals surface area contributed by atoms with Crippen molar-refractivity contribution in [3.63, 3.8) is 0 Å². The zero-order chi connectivity index (χ0) is 13.9. The Bertz CT molecular complexity index is 325. The Hall–Kier alpha value is -1.30. The minimum absolute atomic E-state index is 0.0172. The molecular weight excluding hydrogens is 236 g/mol. The minimum atomic E-state index is -0.913. The number of nitrogens with one attached hydrogen (secondary N) is 1. The number of carbonyl (C=O) groups excluding carboxylic acids is 1. The van der Waals surface area contributed by atoms with Crippen LogP contribution in [-0.4, -0.2) is 52.8 Å². The number of hydrogen-bond donors (Lipinski definition) is 2. The lowest BCUT2D eigenvalue weighted by Gasteiger charge is -2.24. The van der Waals surface area contributed by atoms with E-state index >= 15 is 0 Å². The molecule has 0 aromatic carbocycles. The van der Waals surface area contributed by atoms with Crippen LogP contribution < -0.4 is 5.32 Å². The molecule has 0 spiro atoms. The average Bonchev–Trinajstić information content (AvgIpc) is 2.63. The highest BCUT2D eigenvalue weighted by molar-refractivity contribution is 5.75. The number of esters is 1. The first kappa shape index (κ1) is 14.8. The number of hydrogen-bond acceptors (Lipinski definition) is 4. The summed E-state index contributed by atoms with van der Waals surface area (Å²) in [5.41, 5.74) is -0.504. The molecule has 0 aromatic heterocycles. The van der Waals surface area contributed by atoms with E-state index in [-0.39, 0.29) is 12.0 Å². The summed E-state index contributed by atoms with van der Waals surface area (Å²) in [7, 11) is 0. The van der Waals surface area contributed by atoms with Gasteiger partial charge in [0.15, 0.2) is 0 Å². The van der Waals surface area contributed by atoms with Gasteiger partial charge in [0.05, 0.1) is 0 Å². The van der Waals surface area contributed by atoms with Crippen LogP contribution in [0.1, 0.15) is 34.1 Å². The first-order valence-corrected chi connectivity index (χ1v) is 6.16. The topological polar surface area (TPSA) is 78.9 Å². The van der Waals surface area contributed by atoms with E-state index in [0.29, 0.717) is 13.1 Å².